The van der Waals surface area contributed by atoms with Crippen molar-refractivity contribution in [3.8, 4) is 0 Å². The minimum atomic E-state index is -5.08. The van der Waals surface area contributed by atoms with Crippen LogP contribution in [0.3, 0.4) is 0 Å². The maximum atomic E-state index is 12.6. The van der Waals surface area contributed by atoms with E-state index in [1.54, 1.807) is 24.6 Å². The van der Waals surface area contributed by atoms with Crippen molar-refractivity contribution < 1.29 is 60.1 Å². The highest BCUT2D eigenvalue weighted by Crippen LogP contribution is 2.31. The largest absolute Gasteiger partial charge is 0.490 e. The number of rotatable bonds is 3. The highest BCUT2D eigenvalue weighted by molar-refractivity contribution is 5.91. The lowest BCUT2D eigenvalue weighted by Gasteiger charge is -2.47. The molecule has 1 spiro atoms. The summed E-state index contributed by atoms with van der Waals surface area (Å²) in [4.78, 5) is 38.8. The smallest absolute Gasteiger partial charge is 0.475 e. The molecule has 2 fully saturated rings. The van der Waals surface area contributed by atoms with Crippen LogP contribution in [-0.4, -0.2) is 93.6 Å². The van der Waals surface area contributed by atoms with Crippen molar-refractivity contribution in [1.82, 2.24) is 14.8 Å². The van der Waals surface area contributed by atoms with Gasteiger partial charge in [-0.3, -0.25) is 14.7 Å². The number of piperidine rings is 1. The van der Waals surface area contributed by atoms with Gasteiger partial charge in [-0.2, -0.15) is 26.3 Å². The molecular formula is C23H25F6N3O7. The van der Waals surface area contributed by atoms with Gasteiger partial charge in [0.25, 0.3) is 5.91 Å². The first kappa shape index (κ1) is 31.6. The van der Waals surface area contributed by atoms with Crippen molar-refractivity contribution in [2.45, 2.75) is 37.3 Å². The minimum absolute atomic E-state index is 0.0366. The molecule has 0 atom stereocenters. The Morgan fingerprint density at radius 2 is 1.54 bits per heavy atom. The standard InChI is InChI=1S/C19H23N3O3.2C2HF3O2/c23-18(17-4-2-11-24-17)22-10-12-25-19(15-22)5-8-21(9-6-19)14-16-3-1-7-20-13-16;2*3-2(4,5)1(6)7/h1-4,7,11,13H,5-6,8-10,12,14-15H2;2*(H,6,7). The Kier molecular flexibility index (Phi) is 10.9. The number of aliphatic carboxylic acids is 2. The van der Waals surface area contributed by atoms with E-state index in [2.05, 4.69) is 16.0 Å². The van der Waals surface area contributed by atoms with Gasteiger partial charge in [0.1, 0.15) is 0 Å². The third kappa shape index (κ3) is 10.2. The van der Waals surface area contributed by atoms with Crippen LogP contribution in [0.1, 0.15) is 29.0 Å². The number of morpholine rings is 1. The van der Waals surface area contributed by atoms with Crippen molar-refractivity contribution in [2.75, 3.05) is 32.8 Å². The van der Waals surface area contributed by atoms with Gasteiger partial charge in [-0.05, 0) is 36.6 Å². The molecule has 4 rings (SSSR count). The van der Waals surface area contributed by atoms with E-state index in [4.69, 9.17) is 29.0 Å². The Morgan fingerprint density at radius 1 is 0.949 bits per heavy atom. The molecule has 0 aromatic carbocycles. The molecule has 2 N–H and O–H groups in total. The van der Waals surface area contributed by atoms with E-state index in [-0.39, 0.29) is 11.5 Å². The first-order chi connectivity index (χ1) is 18.1. The number of hydrogen-bond acceptors (Lipinski definition) is 7. The third-order valence-electron chi connectivity index (χ3n) is 5.65. The Balaban J connectivity index is 0.000000317. The zero-order valence-electron chi connectivity index (χ0n) is 20.2. The monoisotopic (exact) mass is 569 g/mol. The summed E-state index contributed by atoms with van der Waals surface area (Å²) in [6, 6.07) is 7.56. The van der Waals surface area contributed by atoms with Crippen LogP contribution in [-0.2, 0) is 20.9 Å². The number of alkyl halides is 6. The molecule has 1 amide bonds. The van der Waals surface area contributed by atoms with E-state index >= 15 is 0 Å². The molecule has 39 heavy (non-hydrogen) atoms. The van der Waals surface area contributed by atoms with Crippen molar-refractivity contribution in [3.05, 3.63) is 54.2 Å². The number of nitrogens with zero attached hydrogens (tertiary/aromatic N) is 3. The molecule has 2 aromatic rings. The second-order valence-electron chi connectivity index (χ2n) is 8.48. The molecule has 0 unspecified atom stereocenters. The molecule has 0 radical (unpaired) electrons. The van der Waals surface area contributed by atoms with Crippen LogP contribution in [0, 0.1) is 0 Å². The summed E-state index contributed by atoms with van der Waals surface area (Å²) < 4.78 is 74.9. The number of carboxylic acids is 2. The third-order valence-corrected chi connectivity index (χ3v) is 5.65. The molecule has 2 aliphatic rings. The highest BCUT2D eigenvalue weighted by Gasteiger charge is 2.41. The predicted molar refractivity (Wildman–Crippen MR) is 119 cm³/mol. The first-order valence-corrected chi connectivity index (χ1v) is 11.3. The van der Waals surface area contributed by atoms with Crippen LogP contribution in [0.2, 0.25) is 0 Å². The van der Waals surface area contributed by atoms with Gasteiger partial charge in [-0.1, -0.05) is 6.07 Å². The van der Waals surface area contributed by atoms with Gasteiger partial charge in [-0.15, -0.1) is 0 Å². The second kappa shape index (κ2) is 13.4. The molecule has 216 valence electrons. The molecule has 0 saturated carbocycles. The average molecular weight is 569 g/mol. The number of halogens is 6. The molecule has 0 bridgehead atoms. The Hall–Kier alpha value is -3.66. The highest BCUT2D eigenvalue weighted by atomic mass is 19.4. The van der Waals surface area contributed by atoms with E-state index in [9.17, 15) is 31.1 Å². The minimum Gasteiger partial charge on any atom is -0.475 e. The van der Waals surface area contributed by atoms with E-state index < -0.39 is 24.3 Å². The number of pyridine rings is 1. The van der Waals surface area contributed by atoms with Gasteiger partial charge in [0.05, 0.1) is 25.0 Å². The number of amides is 1. The number of ether oxygens (including phenoxy) is 1. The number of furan rings is 1. The van der Waals surface area contributed by atoms with Crippen molar-refractivity contribution in [3.63, 3.8) is 0 Å². The molecule has 0 aliphatic carbocycles. The summed E-state index contributed by atoms with van der Waals surface area (Å²) in [5.41, 5.74) is 1.02. The van der Waals surface area contributed by atoms with Crippen LogP contribution in [0.15, 0.2) is 47.3 Å². The van der Waals surface area contributed by atoms with Crippen LogP contribution in [0.25, 0.3) is 0 Å². The van der Waals surface area contributed by atoms with Crippen LogP contribution < -0.4 is 0 Å². The SMILES string of the molecule is O=C(O)C(F)(F)F.O=C(O)C(F)(F)F.O=C(c1ccco1)N1CCOC2(CCN(Cc3cccnc3)CC2)C1. The Bertz CT molecular complexity index is 1050. The summed E-state index contributed by atoms with van der Waals surface area (Å²) in [6.45, 7) is 4.72. The quantitative estimate of drug-likeness (QED) is 0.534. The van der Waals surface area contributed by atoms with E-state index in [0.717, 1.165) is 32.5 Å². The lowest BCUT2D eigenvalue weighted by atomic mass is 9.89. The number of carbonyl (C=O) groups is 3. The molecule has 10 nitrogen and oxygen atoms in total. The number of hydrogen-bond donors (Lipinski definition) is 2. The van der Waals surface area contributed by atoms with Gasteiger partial charge >= 0.3 is 24.3 Å². The fourth-order valence-electron chi connectivity index (χ4n) is 3.75. The van der Waals surface area contributed by atoms with Crippen LogP contribution >= 0.6 is 0 Å². The van der Waals surface area contributed by atoms with Crippen molar-refractivity contribution in [1.29, 1.82) is 0 Å². The Morgan fingerprint density at radius 3 is 2.00 bits per heavy atom. The van der Waals surface area contributed by atoms with Crippen LogP contribution in [0.5, 0.6) is 0 Å². The Labute approximate surface area is 217 Å². The maximum absolute atomic E-state index is 12.6. The topological polar surface area (TPSA) is 133 Å². The molecule has 4 heterocycles. The van der Waals surface area contributed by atoms with E-state index in [1.807, 2.05) is 17.2 Å². The molecule has 2 aliphatic heterocycles. The number of likely N-dealkylation sites (tertiary alicyclic amines) is 1. The van der Waals surface area contributed by atoms with Crippen molar-refractivity contribution >= 4 is 17.8 Å². The predicted octanol–water partition coefficient (Wildman–Crippen LogP) is 3.45. The zero-order chi connectivity index (χ0) is 29.3. The zero-order valence-corrected chi connectivity index (χ0v) is 20.2. The molecular weight excluding hydrogens is 544 g/mol. The van der Waals surface area contributed by atoms with E-state index in [1.165, 1.54) is 5.56 Å². The fourth-order valence-corrected chi connectivity index (χ4v) is 3.75. The lowest BCUT2D eigenvalue weighted by Crippen LogP contribution is -2.57. The summed E-state index contributed by atoms with van der Waals surface area (Å²) >= 11 is 0. The maximum Gasteiger partial charge on any atom is 0.490 e. The van der Waals surface area contributed by atoms with Crippen molar-refractivity contribution in [2.24, 2.45) is 0 Å². The summed E-state index contributed by atoms with van der Waals surface area (Å²) in [5.74, 6) is -5.14. The second-order valence-corrected chi connectivity index (χ2v) is 8.48. The molecule has 16 heteroatoms. The summed E-state index contributed by atoms with van der Waals surface area (Å²) in [7, 11) is 0. The van der Waals surface area contributed by atoms with E-state index in [0.29, 0.717) is 25.5 Å². The average Bonchev–Trinajstić information content (AvgIpc) is 3.41. The summed E-state index contributed by atoms with van der Waals surface area (Å²) in [5, 5.41) is 14.2. The van der Waals surface area contributed by atoms with Gasteiger partial charge in [0.15, 0.2) is 5.76 Å². The molecule has 2 aromatic heterocycles. The summed E-state index contributed by atoms with van der Waals surface area (Å²) in [6.07, 6.45) is -3.02. The normalized spacial score (nSPS) is 17.3. The fraction of sp³-hybridized carbons (Fsp3) is 0.478. The van der Waals surface area contributed by atoms with Gasteiger partial charge < -0.3 is 24.3 Å². The number of carbonyl (C=O) groups excluding carboxylic acids is 1. The molecule has 2 saturated heterocycles. The number of aromatic nitrogens is 1. The number of carboxylic acid groups (broad SMARTS) is 2. The lowest BCUT2D eigenvalue weighted by molar-refractivity contribution is -0.193. The van der Waals surface area contributed by atoms with Gasteiger partial charge in [-0.25, -0.2) is 9.59 Å². The van der Waals surface area contributed by atoms with Gasteiger partial charge in [0.2, 0.25) is 0 Å². The van der Waals surface area contributed by atoms with Gasteiger partial charge in [0, 0.05) is 38.6 Å². The first-order valence-electron chi connectivity index (χ1n) is 11.3. The van der Waals surface area contributed by atoms with Crippen LogP contribution in [0.4, 0.5) is 26.3 Å².